The summed E-state index contributed by atoms with van der Waals surface area (Å²) in [4.78, 5) is 50.1. The van der Waals surface area contributed by atoms with E-state index < -0.39 is 27.5 Å². The molecule has 0 aromatic carbocycles. The van der Waals surface area contributed by atoms with E-state index in [1.54, 1.807) is 24.8 Å². The molecule has 4 aromatic heterocycles. The monoisotopic (exact) mass is 690 g/mol. The molecule has 2 atom stereocenters. The summed E-state index contributed by atoms with van der Waals surface area (Å²) < 4.78 is 16.8. The first kappa shape index (κ1) is 43.2. The van der Waals surface area contributed by atoms with E-state index in [0.717, 1.165) is 22.8 Å². The maximum atomic E-state index is 8.40. The Labute approximate surface area is 251 Å². The van der Waals surface area contributed by atoms with Gasteiger partial charge in [0.15, 0.2) is 0 Å². The molecule has 40 heavy (non-hydrogen) atoms. The smallest absolute Gasteiger partial charge is 0.597 e. The molecule has 2 unspecified atom stereocenters. The van der Waals surface area contributed by atoms with E-state index in [0.29, 0.717) is 0 Å². The summed E-state index contributed by atoms with van der Waals surface area (Å²) in [6.07, 6.45) is 7.07. The zero-order valence-corrected chi connectivity index (χ0v) is 23.5. The molecule has 4 rings (SSSR count). The molecule has 16 nitrogen and oxygen atoms in total. The molecular formula is C20H18Cu2N6O10P2+2. The van der Waals surface area contributed by atoms with Crippen LogP contribution >= 0.6 is 17.4 Å². The van der Waals surface area contributed by atoms with Gasteiger partial charge in [-0.2, -0.15) is 0 Å². The Morgan fingerprint density at radius 2 is 0.625 bits per heavy atom. The molecule has 2 radical (unpaired) electrons. The molecular weight excluding hydrogens is 673 g/mol. The van der Waals surface area contributed by atoms with Crippen molar-refractivity contribution in [2.24, 2.45) is 0 Å². The van der Waals surface area contributed by atoms with E-state index >= 15 is 0 Å². The summed E-state index contributed by atoms with van der Waals surface area (Å²) >= 11 is 0. The fraction of sp³-hybridized carbons (Fsp3) is 0. The van der Waals surface area contributed by atoms with Gasteiger partial charge in [-0.3, -0.25) is 19.9 Å². The van der Waals surface area contributed by atoms with Crippen LogP contribution in [-0.2, 0) is 43.3 Å². The van der Waals surface area contributed by atoms with Gasteiger partial charge < -0.3 is 40.4 Å². The average Bonchev–Trinajstić information content (AvgIpc) is 2.91. The minimum absolute atomic E-state index is 0. The van der Waals surface area contributed by atoms with Gasteiger partial charge in [-0.15, -0.1) is 0 Å². The van der Waals surface area contributed by atoms with Gasteiger partial charge >= 0.3 is 34.1 Å². The molecule has 0 saturated carbocycles. The molecule has 0 aliphatic rings. The predicted molar refractivity (Wildman–Crippen MR) is 134 cm³/mol. The Hall–Kier alpha value is -3.84. The zero-order chi connectivity index (χ0) is 29.0. The summed E-state index contributed by atoms with van der Waals surface area (Å²) in [5, 5.41) is 29.5. The normalized spacial score (nSPS) is 8.05. The van der Waals surface area contributed by atoms with Gasteiger partial charge in [-0.05, 0) is 48.5 Å². The van der Waals surface area contributed by atoms with Gasteiger partial charge in [-0.25, -0.2) is 0 Å². The molecule has 0 amide bonds. The first-order chi connectivity index (χ1) is 18.2. The van der Waals surface area contributed by atoms with Crippen LogP contribution in [0.4, 0.5) is 0 Å². The van der Waals surface area contributed by atoms with Crippen molar-refractivity contribution >= 4 is 17.4 Å². The quantitative estimate of drug-likeness (QED) is 0.126. The van der Waals surface area contributed by atoms with E-state index in [1.807, 2.05) is 72.8 Å². The first-order valence-electron chi connectivity index (χ1n) is 9.49. The van der Waals surface area contributed by atoms with Crippen molar-refractivity contribution in [3.63, 3.8) is 0 Å². The van der Waals surface area contributed by atoms with Crippen molar-refractivity contribution in [3.05, 3.63) is 128 Å². The first-order valence-corrected chi connectivity index (χ1v) is 11.1. The number of hydrogen-bond donors (Lipinski definition) is 0. The minimum Gasteiger partial charge on any atom is -0.597 e. The maximum absolute atomic E-state index is 8.40. The van der Waals surface area contributed by atoms with Crippen LogP contribution < -0.4 is 9.79 Å². The van der Waals surface area contributed by atoms with E-state index in [2.05, 4.69) is 19.9 Å². The van der Waals surface area contributed by atoms with Crippen LogP contribution in [0.1, 0.15) is 0 Å². The largest absolute Gasteiger partial charge is 2.00 e. The van der Waals surface area contributed by atoms with E-state index in [-0.39, 0.29) is 34.1 Å². The number of hydrogen-bond acceptors (Lipinski definition) is 14. The Balaban J connectivity index is -0.000000217. The van der Waals surface area contributed by atoms with Crippen molar-refractivity contribution < 1.29 is 63.2 Å². The minimum atomic E-state index is -1.75. The third-order valence-electron chi connectivity index (χ3n) is 3.18. The molecule has 0 bridgehead atoms. The van der Waals surface area contributed by atoms with Crippen molar-refractivity contribution in [1.82, 2.24) is 19.9 Å². The number of nitrogens with zero attached hydrogens (tertiary/aromatic N) is 6. The third kappa shape index (κ3) is 28.7. The van der Waals surface area contributed by atoms with Crippen molar-refractivity contribution in [2.75, 3.05) is 0 Å². The summed E-state index contributed by atoms with van der Waals surface area (Å²) in [7, 11) is -2.83. The predicted octanol–water partition coefficient (Wildman–Crippen LogP) is 2.38. The molecule has 0 N–H and O–H groups in total. The fourth-order valence-electron chi connectivity index (χ4n) is 2.06. The maximum Gasteiger partial charge on any atom is 2.00 e. The summed E-state index contributed by atoms with van der Waals surface area (Å²) in [6.45, 7) is 0. The molecule has 0 aliphatic heterocycles. The zero-order valence-electron chi connectivity index (χ0n) is 19.6. The molecule has 0 aliphatic carbocycles. The van der Waals surface area contributed by atoms with E-state index in [4.69, 9.17) is 49.6 Å². The number of aromatic nitrogens is 4. The summed E-state index contributed by atoms with van der Waals surface area (Å²) in [5.41, 5.74) is 3.66. The van der Waals surface area contributed by atoms with Crippen LogP contribution in [-0.4, -0.2) is 30.1 Å². The van der Waals surface area contributed by atoms with E-state index in [9.17, 15) is 0 Å². The standard InChI is InChI=1S/2C10H8N2.2Cu.2NO3.2HO2P/c2*1-3-7-11-9(5-1)10-6-2-4-8-12-10;;;2*2-1(3)4;2*1-3-2/h2*1-8H;;;;;2*3H/q;;2*+2;2*-1;;. The molecule has 0 saturated heterocycles. The summed E-state index contributed by atoms with van der Waals surface area (Å²) in [6, 6.07) is 23.2. The van der Waals surface area contributed by atoms with Crippen molar-refractivity contribution in [3.8, 4) is 22.8 Å². The van der Waals surface area contributed by atoms with Crippen LogP contribution in [0, 0.1) is 30.6 Å². The van der Waals surface area contributed by atoms with Crippen LogP contribution in [0.5, 0.6) is 0 Å². The fourth-order valence-corrected chi connectivity index (χ4v) is 2.06. The van der Waals surface area contributed by atoms with Gasteiger partial charge in [0.25, 0.3) is 17.4 Å². The molecule has 20 heteroatoms. The van der Waals surface area contributed by atoms with Crippen molar-refractivity contribution in [1.29, 1.82) is 0 Å². The van der Waals surface area contributed by atoms with Crippen LogP contribution in [0.3, 0.4) is 0 Å². The third-order valence-corrected chi connectivity index (χ3v) is 3.18. The second-order valence-electron chi connectivity index (χ2n) is 5.47. The van der Waals surface area contributed by atoms with Gasteiger partial charge in [-0.1, -0.05) is 33.4 Å². The average molecular weight is 691 g/mol. The molecule has 4 heterocycles. The van der Waals surface area contributed by atoms with Crippen LogP contribution in [0.2, 0.25) is 0 Å². The van der Waals surface area contributed by atoms with Crippen LogP contribution in [0.15, 0.2) is 97.6 Å². The summed E-state index contributed by atoms with van der Waals surface area (Å²) in [5.74, 6) is 0. The van der Waals surface area contributed by atoms with Crippen LogP contribution in [0.25, 0.3) is 22.8 Å². The Morgan fingerprint density at radius 3 is 0.725 bits per heavy atom. The Kier molecular flexibility index (Phi) is 33.9. The molecule has 218 valence electrons. The SMILES string of the molecule is O=[N+]([O-])[O-].O=[N+]([O-])[O-].O=[PH+][O-].O=[PH+][O-].[Cu+2].[Cu+2].c1ccc(-c2ccccn2)nc1.c1ccc(-c2ccccn2)nc1. The van der Waals surface area contributed by atoms with Gasteiger partial charge in [0.1, 0.15) is 0 Å². The second kappa shape index (κ2) is 31.4. The number of rotatable bonds is 2. The number of pyridine rings is 4. The topological polar surface area (TPSA) is 264 Å². The Bertz CT molecular complexity index is 988. The van der Waals surface area contributed by atoms with Crippen molar-refractivity contribution in [2.45, 2.75) is 0 Å². The Morgan fingerprint density at radius 1 is 0.475 bits per heavy atom. The molecule has 0 spiro atoms. The molecule has 4 aromatic rings. The second-order valence-corrected chi connectivity index (χ2v) is 5.81. The van der Waals surface area contributed by atoms with Gasteiger partial charge in [0, 0.05) is 24.8 Å². The molecule has 0 fully saturated rings. The van der Waals surface area contributed by atoms with E-state index in [1.165, 1.54) is 0 Å². The van der Waals surface area contributed by atoms with Gasteiger partial charge in [0.2, 0.25) is 0 Å². The van der Waals surface area contributed by atoms with Gasteiger partial charge in [0.05, 0.1) is 32.9 Å².